The summed E-state index contributed by atoms with van der Waals surface area (Å²) in [5.74, 6) is 1.55. The number of anilines is 2. The van der Waals surface area contributed by atoms with Crippen LogP contribution in [0.5, 0.6) is 0 Å². The van der Waals surface area contributed by atoms with Gasteiger partial charge in [0.2, 0.25) is 5.95 Å². The van der Waals surface area contributed by atoms with Crippen molar-refractivity contribution in [3.63, 3.8) is 0 Å². The van der Waals surface area contributed by atoms with Crippen LogP contribution in [0.2, 0.25) is 0 Å². The summed E-state index contributed by atoms with van der Waals surface area (Å²) in [6.45, 7) is 4.40. The fourth-order valence-electron chi connectivity index (χ4n) is 2.60. The Morgan fingerprint density at radius 3 is 2.50 bits per heavy atom. The molecule has 2 aromatic carbocycles. The van der Waals surface area contributed by atoms with Gasteiger partial charge in [-0.15, -0.1) is 0 Å². The minimum atomic E-state index is 0.282. The number of nitrogen functional groups attached to an aromatic ring is 1. The maximum atomic E-state index is 5.79. The van der Waals surface area contributed by atoms with Gasteiger partial charge in [0.1, 0.15) is 5.82 Å². The molecule has 0 unspecified atom stereocenters. The number of hydrogen-bond acceptors (Lipinski definition) is 4. The number of fused-ring (bicyclic) bond motifs is 1. The normalized spacial score (nSPS) is 11.1. The van der Waals surface area contributed by atoms with Crippen LogP contribution in [0.15, 0.2) is 42.5 Å². The van der Waals surface area contributed by atoms with Crippen molar-refractivity contribution in [3.8, 4) is 11.1 Å². The van der Waals surface area contributed by atoms with Crippen molar-refractivity contribution in [1.29, 1.82) is 0 Å². The van der Waals surface area contributed by atoms with Crippen LogP contribution in [0, 0.1) is 0 Å². The maximum absolute atomic E-state index is 5.79. The lowest BCUT2D eigenvalue weighted by atomic mass is 9.97. The van der Waals surface area contributed by atoms with Crippen LogP contribution in [0.3, 0.4) is 0 Å². The fraction of sp³-hybridized carbons (Fsp3) is 0.222. The van der Waals surface area contributed by atoms with E-state index in [1.165, 1.54) is 11.1 Å². The molecule has 4 heteroatoms. The molecule has 1 aromatic heterocycles. The molecule has 0 aliphatic carbocycles. The second kappa shape index (κ2) is 5.64. The highest BCUT2D eigenvalue weighted by molar-refractivity contribution is 5.92. The molecule has 0 radical (unpaired) electrons. The molecule has 0 atom stereocenters. The third-order valence-electron chi connectivity index (χ3n) is 3.84. The van der Waals surface area contributed by atoms with E-state index < -0.39 is 0 Å². The SMILES string of the molecule is CNc1nc(N)nc2cc(-c3cccc(C(C)C)c3)ccc12. The Morgan fingerprint density at radius 1 is 1.00 bits per heavy atom. The van der Waals surface area contributed by atoms with Gasteiger partial charge in [0.15, 0.2) is 0 Å². The van der Waals surface area contributed by atoms with Crippen LogP contribution in [-0.4, -0.2) is 17.0 Å². The number of benzene rings is 2. The van der Waals surface area contributed by atoms with E-state index in [9.17, 15) is 0 Å². The largest absolute Gasteiger partial charge is 0.372 e. The lowest BCUT2D eigenvalue weighted by Crippen LogP contribution is -2.01. The molecule has 0 aliphatic rings. The summed E-state index contributed by atoms with van der Waals surface area (Å²) in [7, 11) is 1.83. The molecule has 0 bridgehead atoms. The smallest absolute Gasteiger partial charge is 0.222 e. The maximum Gasteiger partial charge on any atom is 0.222 e. The lowest BCUT2D eigenvalue weighted by Gasteiger charge is -2.10. The summed E-state index contributed by atoms with van der Waals surface area (Å²) in [5, 5.41) is 4.04. The Kier molecular flexibility index (Phi) is 3.67. The van der Waals surface area contributed by atoms with Gasteiger partial charge in [0.25, 0.3) is 0 Å². The van der Waals surface area contributed by atoms with Gasteiger partial charge < -0.3 is 11.1 Å². The fourth-order valence-corrected chi connectivity index (χ4v) is 2.60. The molecule has 4 nitrogen and oxygen atoms in total. The third kappa shape index (κ3) is 2.60. The van der Waals surface area contributed by atoms with Gasteiger partial charge in [-0.3, -0.25) is 0 Å². The van der Waals surface area contributed by atoms with Crippen LogP contribution in [0.4, 0.5) is 11.8 Å². The summed E-state index contributed by atoms with van der Waals surface area (Å²) >= 11 is 0. The van der Waals surface area contributed by atoms with E-state index in [0.29, 0.717) is 5.92 Å². The minimum Gasteiger partial charge on any atom is -0.372 e. The van der Waals surface area contributed by atoms with Gasteiger partial charge in [-0.1, -0.05) is 44.2 Å². The highest BCUT2D eigenvalue weighted by atomic mass is 15.1. The van der Waals surface area contributed by atoms with Crippen molar-refractivity contribution in [2.45, 2.75) is 19.8 Å². The Bertz CT molecular complexity index is 824. The van der Waals surface area contributed by atoms with E-state index in [4.69, 9.17) is 5.73 Å². The van der Waals surface area contributed by atoms with Crippen LogP contribution < -0.4 is 11.1 Å². The van der Waals surface area contributed by atoms with E-state index >= 15 is 0 Å². The lowest BCUT2D eigenvalue weighted by molar-refractivity contribution is 0.867. The summed E-state index contributed by atoms with van der Waals surface area (Å²) in [6, 6.07) is 14.8. The molecule has 0 spiro atoms. The zero-order valence-corrected chi connectivity index (χ0v) is 13.1. The monoisotopic (exact) mass is 292 g/mol. The van der Waals surface area contributed by atoms with Crippen molar-refractivity contribution in [2.75, 3.05) is 18.1 Å². The topological polar surface area (TPSA) is 63.8 Å². The first-order valence-corrected chi connectivity index (χ1v) is 7.44. The summed E-state index contributed by atoms with van der Waals surface area (Å²) < 4.78 is 0. The van der Waals surface area contributed by atoms with Gasteiger partial charge >= 0.3 is 0 Å². The molecular formula is C18H20N4. The zero-order chi connectivity index (χ0) is 15.7. The van der Waals surface area contributed by atoms with Gasteiger partial charge in [0, 0.05) is 12.4 Å². The first-order chi connectivity index (χ1) is 10.6. The van der Waals surface area contributed by atoms with Crippen molar-refractivity contribution < 1.29 is 0 Å². The number of nitrogens with one attached hydrogen (secondary N) is 1. The standard InChI is InChI=1S/C18H20N4/c1-11(2)12-5-4-6-13(9-12)14-7-8-15-16(10-14)21-18(19)22-17(15)20-3/h4-11H,1-3H3,(H3,19,20,21,22). The van der Waals surface area contributed by atoms with E-state index in [1.54, 1.807) is 0 Å². The zero-order valence-electron chi connectivity index (χ0n) is 13.1. The quantitative estimate of drug-likeness (QED) is 0.764. The van der Waals surface area contributed by atoms with E-state index in [2.05, 4.69) is 65.5 Å². The second-order valence-electron chi connectivity index (χ2n) is 5.69. The Labute approximate surface area is 130 Å². The molecule has 3 N–H and O–H groups in total. The number of nitrogens with two attached hydrogens (primary N) is 1. The molecule has 0 fully saturated rings. The number of aromatic nitrogens is 2. The molecule has 0 aliphatic heterocycles. The van der Waals surface area contributed by atoms with Gasteiger partial charge in [-0.05, 0) is 34.7 Å². The minimum absolute atomic E-state index is 0.282. The van der Waals surface area contributed by atoms with E-state index in [1.807, 2.05) is 13.1 Å². The van der Waals surface area contributed by atoms with E-state index in [-0.39, 0.29) is 5.95 Å². The predicted octanol–water partition coefficient (Wildman–Crippen LogP) is 4.04. The van der Waals surface area contributed by atoms with Crippen molar-refractivity contribution in [1.82, 2.24) is 9.97 Å². The summed E-state index contributed by atoms with van der Waals surface area (Å²) in [5.41, 5.74) is 10.3. The first-order valence-electron chi connectivity index (χ1n) is 7.44. The van der Waals surface area contributed by atoms with Crippen LogP contribution in [0.25, 0.3) is 22.0 Å². The molecule has 0 amide bonds. The molecule has 22 heavy (non-hydrogen) atoms. The van der Waals surface area contributed by atoms with Gasteiger partial charge in [-0.25, -0.2) is 4.98 Å². The molecule has 3 rings (SSSR count). The molecule has 112 valence electrons. The molecule has 0 saturated heterocycles. The highest BCUT2D eigenvalue weighted by Crippen LogP contribution is 2.28. The number of nitrogens with zero attached hydrogens (tertiary/aromatic N) is 2. The van der Waals surface area contributed by atoms with Crippen molar-refractivity contribution in [3.05, 3.63) is 48.0 Å². The van der Waals surface area contributed by atoms with Gasteiger partial charge in [-0.2, -0.15) is 4.98 Å². The predicted molar refractivity (Wildman–Crippen MR) is 93.0 cm³/mol. The van der Waals surface area contributed by atoms with Gasteiger partial charge in [0.05, 0.1) is 5.52 Å². The summed E-state index contributed by atoms with van der Waals surface area (Å²) in [6.07, 6.45) is 0. The van der Waals surface area contributed by atoms with Crippen molar-refractivity contribution in [2.24, 2.45) is 0 Å². The van der Waals surface area contributed by atoms with E-state index in [0.717, 1.165) is 22.3 Å². The summed E-state index contributed by atoms with van der Waals surface area (Å²) in [4.78, 5) is 8.57. The number of rotatable bonds is 3. The molecule has 0 saturated carbocycles. The second-order valence-corrected chi connectivity index (χ2v) is 5.69. The molecule has 1 heterocycles. The Hall–Kier alpha value is -2.62. The Balaban J connectivity index is 2.14. The first kappa shape index (κ1) is 14.3. The van der Waals surface area contributed by atoms with Crippen LogP contribution in [0.1, 0.15) is 25.3 Å². The number of hydrogen-bond donors (Lipinski definition) is 2. The highest BCUT2D eigenvalue weighted by Gasteiger charge is 2.08. The average molecular weight is 292 g/mol. The van der Waals surface area contributed by atoms with Crippen LogP contribution >= 0.6 is 0 Å². The molecule has 3 aromatic rings. The third-order valence-corrected chi connectivity index (χ3v) is 3.84. The van der Waals surface area contributed by atoms with Crippen LogP contribution in [-0.2, 0) is 0 Å². The van der Waals surface area contributed by atoms with Crippen molar-refractivity contribution >= 4 is 22.7 Å². The average Bonchev–Trinajstić information content (AvgIpc) is 2.53. The Morgan fingerprint density at radius 2 is 1.77 bits per heavy atom. The molecular weight excluding hydrogens is 272 g/mol.